The molecule has 1 saturated heterocycles. The van der Waals surface area contributed by atoms with Gasteiger partial charge in [-0.15, -0.1) is 0 Å². The van der Waals surface area contributed by atoms with Crippen LogP contribution >= 0.6 is 0 Å². The highest BCUT2D eigenvalue weighted by Gasteiger charge is 2.32. The molecule has 132 valence electrons. The molecule has 1 aromatic carbocycles. The lowest BCUT2D eigenvalue weighted by molar-refractivity contribution is -0.137. The van der Waals surface area contributed by atoms with Gasteiger partial charge in [-0.3, -0.25) is 14.4 Å². The van der Waals surface area contributed by atoms with Crippen molar-refractivity contribution in [3.05, 3.63) is 29.8 Å². The van der Waals surface area contributed by atoms with E-state index in [2.05, 4.69) is 5.32 Å². The molecule has 25 heavy (non-hydrogen) atoms. The number of fused-ring (bicyclic) bond motifs is 1. The summed E-state index contributed by atoms with van der Waals surface area (Å²) in [5.74, 6) is 0.0675. The second-order valence-corrected chi connectivity index (χ2v) is 5.81. The molecule has 1 atom stereocenters. The molecule has 8 heteroatoms. The van der Waals surface area contributed by atoms with E-state index in [0.29, 0.717) is 24.5 Å². The minimum Gasteiger partial charge on any atom is -0.454 e. The minimum atomic E-state index is -0.575. The molecule has 2 aliphatic rings. The summed E-state index contributed by atoms with van der Waals surface area (Å²) >= 11 is 0. The standard InChI is InChI=1S/C17H19N3O5/c18-17(23)12-2-1-7-20(12)16(22)9-19-15(21)6-4-11-3-5-13-14(8-11)25-10-24-13/h3-6,8,12H,1-2,7,9-10H2,(H2,18,23)(H,19,21)/b6-4+/t12-/m0/s1. The largest absolute Gasteiger partial charge is 0.454 e. The van der Waals surface area contributed by atoms with Crippen molar-refractivity contribution in [3.8, 4) is 11.5 Å². The second-order valence-electron chi connectivity index (χ2n) is 5.81. The molecule has 0 aliphatic carbocycles. The molecule has 1 aromatic rings. The van der Waals surface area contributed by atoms with Crippen molar-refractivity contribution in [2.75, 3.05) is 19.9 Å². The van der Waals surface area contributed by atoms with Crippen LogP contribution in [0.5, 0.6) is 11.5 Å². The third-order valence-corrected chi connectivity index (χ3v) is 4.14. The van der Waals surface area contributed by atoms with Gasteiger partial charge in [-0.2, -0.15) is 0 Å². The van der Waals surface area contributed by atoms with Gasteiger partial charge in [0.2, 0.25) is 24.5 Å². The Bertz CT molecular complexity index is 731. The van der Waals surface area contributed by atoms with Crippen molar-refractivity contribution in [2.45, 2.75) is 18.9 Å². The van der Waals surface area contributed by atoms with Crippen LogP contribution in [0, 0.1) is 0 Å². The topological polar surface area (TPSA) is 111 Å². The Morgan fingerprint density at radius 3 is 2.88 bits per heavy atom. The molecule has 2 heterocycles. The fourth-order valence-electron chi connectivity index (χ4n) is 2.87. The third kappa shape index (κ3) is 3.90. The molecule has 2 aliphatic heterocycles. The molecular weight excluding hydrogens is 326 g/mol. The van der Waals surface area contributed by atoms with Gasteiger partial charge in [-0.1, -0.05) is 6.07 Å². The molecule has 3 rings (SSSR count). The first kappa shape index (κ1) is 16.8. The monoisotopic (exact) mass is 345 g/mol. The van der Waals surface area contributed by atoms with Crippen molar-refractivity contribution in [3.63, 3.8) is 0 Å². The van der Waals surface area contributed by atoms with E-state index in [1.807, 2.05) is 0 Å². The summed E-state index contributed by atoms with van der Waals surface area (Å²) in [5, 5.41) is 2.52. The Balaban J connectivity index is 1.51. The van der Waals surface area contributed by atoms with Gasteiger partial charge in [0.1, 0.15) is 6.04 Å². The molecule has 0 aromatic heterocycles. The lowest BCUT2D eigenvalue weighted by atomic mass is 10.2. The number of carbonyl (C=O) groups excluding carboxylic acids is 3. The number of benzene rings is 1. The van der Waals surface area contributed by atoms with E-state index in [9.17, 15) is 14.4 Å². The van der Waals surface area contributed by atoms with Gasteiger partial charge in [0.05, 0.1) is 6.54 Å². The van der Waals surface area contributed by atoms with Crippen molar-refractivity contribution in [1.29, 1.82) is 0 Å². The fourth-order valence-corrected chi connectivity index (χ4v) is 2.87. The molecule has 0 spiro atoms. The third-order valence-electron chi connectivity index (χ3n) is 4.14. The van der Waals surface area contributed by atoms with Crippen LogP contribution in [0.15, 0.2) is 24.3 Å². The van der Waals surface area contributed by atoms with E-state index in [1.165, 1.54) is 11.0 Å². The normalized spacial score (nSPS) is 18.6. The first-order chi connectivity index (χ1) is 12.0. The maximum absolute atomic E-state index is 12.1. The zero-order chi connectivity index (χ0) is 17.8. The number of likely N-dealkylation sites (tertiary alicyclic amines) is 1. The highest BCUT2D eigenvalue weighted by atomic mass is 16.7. The highest BCUT2D eigenvalue weighted by Crippen LogP contribution is 2.32. The summed E-state index contributed by atoms with van der Waals surface area (Å²) in [6.45, 7) is 0.497. The molecule has 0 radical (unpaired) electrons. The highest BCUT2D eigenvalue weighted by molar-refractivity contribution is 5.95. The van der Waals surface area contributed by atoms with Crippen LogP contribution in [-0.2, 0) is 14.4 Å². The summed E-state index contributed by atoms with van der Waals surface area (Å²) in [5.41, 5.74) is 6.06. The zero-order valence-corrected chi connectivity index (χ0v) is 13.6. The van der Waals surface area contributed by atoms with Crippen LogP contribution in [0.1, 0.15) is 18.4 Å². The van der Waals surface area contributed by atoms with Crippen LogP contribution in [-0.4, -0.2) is 48.5 Å². The van der Waals surface area contributed by atoms with Gasteiger partial charge in [-0.05, 0) is 36.6 Å². The predicted molar refractivity (Wildman–Crippen MR) is 88.5 cm³/mol. The number of rotatable bonds is 5. The van der Waals surface area contributed by atoms with E-state index in [4.69, 9.17) is 15.2 Å². The smallest absolute Gasteiger partial charge is 0.244 e. The van der Waals surface area contributed by atoms with Crippen molar-refractivity contribution in [2.24, 2.45) is 5.73 Å². The maximum Gasteiger partial charge on any atom is 0.244 e. The lowest BCUT2D eigenvalue weighted by Crippen LogP contribution is -2.47. The second kappa shape index (κ2) is 7.25. The van der Waals surface area contributed by atoms with Gasteiger partial charge >= 0.3 is 0 Å². The number of hydrogen-bond acceptors (Lipinski definition) is 5. The van der Waals surface area contributed by atoms with Crippen molar-refractivity contribution in [1.82, 2.24) is 10.2 Å². The lowest BCUT2D eigenvalue weighted by Gasteiger charge is -2.22. The number of ether oxygens (including phenoxy) is 2. The van der Waals surface area contributed by atoms with Gasteiger partial charge in [0.15, 0.2) is 11.5 Å². The average Bonchev–Trinajstić information content (AvgIpc) is 3.26. The van der Waals surface area contributed by atoms with Gasteiger partial charge in [-0.25, -0.2) is 0 Å². The summed E-state index contributed by atoms with van der Waals surface area (Å²) in [7, 11) is 0. The summed E-state index contributed by atoms with van der Waals surface area (Å²) in [4.78, 5) is 36.7. The van der Waals surface area contributed by atoms with E-state index >= 15 is 0 Å². The quantitative estimate of drug-likeness (QED) is 0.731. The number of hydrogen-bond donors (Lipinski definition) is 2. The first-order valence-corrected chi connectivity index (χ1v) is 7.99. The van der Waals surface area contributed by atoms with Crippen LogP contribution in [0.4, 0.5) is 0 Å². The molecule has 3 amide bonds. The number of nitrogens with two attached hydrogens (primary N) is 1. The average molecular weight is 345 g/mol. The number of nitrogens with zero attached hydrogens (tertiary/aromatic N) is 1. The molecule has 0 bridgehead atoms. The Kier molecular flexibility index (Phi) is 4.87. The molecule has 0 saturated carbocycles. The van der Waals surface area contributed by atoms with Crippen LogP contribution in [0.3, 0.4) is 0 Å². The molecule has 8 nitrogen and oxygen atoms in total. The summed E-state index contributed by atoms with van der Waals surface area (Å²) in [6.07, 6.45) is 4.25. The summed E-state index contributed by atoms with van der Waals surface area (Å²) < 4.78 is 10.5. The van der Waals surface area contributed by atoms with E-state index < -0.39 is 17.9 Å². The van der Waals surface area contributed by atoms with Crippen molar-refractivity contribution < 1.29 is 23.9 Å². The number of primary amides is 1. The SMILES string of the molecule is NC(=O)[C@@H]1CCCN1C(=O)CNC(=O)/C=C/c1ccc2c(c1)OCO2. The Hall–Kier alpha value is -3.03. The van der Waals surface area contributed by atoms with Gasteiger partial charge < -0.3 is 25.4 Å². The predicted octanol–water partition coefficient (Wildman–Crippen LogP) is 0.0210. The number of carbonyl (C=O) groups is 3. The van der Waals surface area contributed by atoms with E-state index in [1.54, 1.807) is 24.3 Å². The van der Waals surface area contributed by atoms with Gasteiger partial charge in [0, 0.05) is 12.6 Å². The van der Waals surface area contributed by atoms with E-state index in [0.717, 1.165) is 12.0 Å². The van der Waals surface area contributed by atoms with Crippen LogP contribution in [0.25, 0.3) is 6.08 Å². The fraction of sp³-hybridized carbons (Fsp3) is 0.353. The summed E-state index contributed by atoms with van der Waals surface area (Å²) in [6, 6.07) is 4.75. The van der Waals surface area contributed by atoms with Gasteiger partial charge in [0.25, 0.3) is 0 Å². The molecule has 0 unspecified atom stereocenters. The number of amides is 3. The maximum atomic E-state index is 12.1. The molecule has 3 N–H and O–H groups in total. The van der Waals surface area contributed by atoms with E-state index in [-0.39, 0.29) is 19.2 Å². The van der Waals surface area contributed by atoms with Crippen molar-refractivity contribution >= 4 is 23.8 Å². The van der Waals surface area contributed by atoms with Crippen LogP contribution in [0.2, 0.25) is 0 Å². The Labute approximate surface area is 144 Å². The Morgan fingerprint density at radius 2 is 2.08 bits per heavy atom. The Morgan fingerprint density at radius 1 is 1.28 bits per heavy atom. The zero-order valence-electron chi connectivity index (χ0n) is 13.6. The minimum absolute atomic E-state index is 0.173. The molecular formula is C17H19N3O5. The number of nitrogens with one attached hydrogen (secondary N) is 1. The van der Waals surface area contributed by atoms with Crippen LogP contribution < -0.4 is 20.5 Å². The first-order valence-electron chi connectivity index (χ1n) is 7.99. The molecule has 1 fully saturated rings.